The van der Waals surface area contributed by atoms with Crippen LogP contribution in [0.2, 0.25) is 5.02 Å². The lowest BCUT2D eigenvalue weighted by atomic mass is 10.2. The maximum atomic E-state index is 13.0. The molecule has 8 nitrogen and oxygen atoms in total. The Bertz CT molecular complexity index is 1580. The summed E-state index contributed by atoms with van der Waals surface area (Å²) in [4.78, 5) is 4.96. The molecule has 0 saturated carbocycles. The first-order valence-electron chi connectivity index (χ1n) is 11.0. The number of hydrogen-bond donors (Lipinski definition) is 1. The average Bonchev–Trinajstić information content (AvgIpc) is 3.41. The number of halogens is 1. The Balaban J connectivity index is 1.73. The van der Waals surface area contributed by atoms with Gasteiger partial charge in [0.2, 0.25) is 5.75 Å². The van der Waals surface area contributed by atoms with E-state index in [0.717, 1.165) is 16.8 Å². The molecule has 4 rings (SSSR count). The van der Waals surface area contributed by atoms with Gasteiger partial charge in [0.05, 0.1) is 32.0 Å². The van der Waals surface area contributed by atoms with Crippen LogP contribution in [0.4, 0.5) is 0 Å². The summed E-state index contributed by atoms with van der Waals surface area (Å²) in [6, 6.07) is 16.2. The molecule has 0 aliphatic heterocycles. The van der Waals surface area contributed by atoms with Crippen LogP contribution in [-0.2, 0) is 15.8 Å². The lowest BCUT2D eigenvalue weighted by Crippen LogP contribution is -2.19. The number of aromatic nitrogens is 1. The summed E-state index contributed by atoms with van der Waals surface area (Å²) >= 11 is 9.24. The van der Waals surface area contributed by atoms with E-state index in [9.17, 15) is 8.42 Å². The maximum Gasteiger partial charge on any atom is 0.271 e. The number of hydrogen-bond acceptors (Lipinski definition) is 9. The Kier molecular flexibility index (Phi) is 8.69. The zero-order valence-corrected chi connectivity index (χ0v) is 23.7. The first-order chi connectivity index (χ1) is 18.3. The number of nitrogens with zero attached hydrogens (tertiary/aromatic N) is 2. The molecule has 0 radical (unpaired) electrons. The van der Waals surface area contributed by atoms with Gasteiger partial charge in [-0.25, -0.2) is 18.1 Å². The topological polar surface area (TPSA) is 111 Å². The van der Waals surface area contributed by atoms with E-state index in [4.69, 9.17) is 31.1 Å². The lowest BCUT2D eigenvalue weighted by Gasteiger charge is -2.15. The Morgan fingerprint density at radius 3 is 2.34 bits per heavy atom. The molecule has 3 aromatic carbocycles. The Labute approximate surface area is 234 Å². The van der Waals surface area contributed by atoms with E-state index in [1.807, 2.05) is 40.4 Å². The molecule has 38 heavy (non-hydrogen) atoms. The molecule has 12 heteroatoms. The normalized spacial score (nSPS) is 11.0. The SMILES string of the molecule is COc1cc(CSc2cc(Cl)c(-c3nc(-c4ccccc4)cs3)cc2S(=O)(=O)NC#N)cc(OC)c1OC. The first kappa shape index (κ1) is 27.6. The Hall–Kier alpha value is -3.43. The van der Waals surface area contributed by atoms with Gasteiger partial charge < -0.3 is 14.2 Å². The van der Waals surface area contributed by atoms with Crippen molar-refractivity contribution in [1.82, 2.24) is 9.71 Å². The molecule has 1 aromatic heterocycles. The number of benzene rings is 3. The third-order valence-corrected chi connectivity index (χ3v) is 9.15. The molecular formula is C26H22ClN3O5S3. The predicted molar refractivity (Wildman–Crippen MR) is 150 cm³/mol. The fraction of sp³-hybridized carbons (Fsp3) is 0.154. The highest BCUT2D eigenvalue weighted by Crippen LogP contribution is 2.42. The fourth-order valence-corrected chi connectivity index (χ4v) is 7.11. The van der Waals surface area contributed by atoms with E-state index >= 15 is 0 Å². The molecule has 0 bridgehead atoms. The molecule has 0 amide bonds. The summed E-state index contributed by atoms with van der Waals surface area (Å²) in [6.45, 7) is 0. The molecule has 1 heterocycles. The van der Waals surface area contributed by atoms with Crippen molar-refractivity contribution in [2.24, 2.45) is 0 Å². The summed E-state index contributed by atoms with van der Waals surface area (Å²) < 4.78 is 44.1. The fourth-order valence-electron chi connectivity index (χ4n) is 3.66. The second-order valence-corrected chi connectivity index (χ2v) is 11.7. The molecule has 1 N–H and O–H groups in total. The second kappa shape index (κ2) is 12.0. The minimum absolute atomic E-state index is 0.0765. The van der Waals surface area contributed by atoms with Crippen LogP contribution < -0.4 is 18.9 Å². The van der Waals surface area contributed by atoms with Gasteiger partial charge in [-0.05, 0) is 29.8 Å². The average molecular weight is 588 g/mol. The van der Waals surface area contributed by atoms with Crippen LogP contribution in [0.3, 0.4) is 0 Å². The third-order valence-electron chi connectivity index (χ3n) is 5.43. The van der Waals surface area contributed by atoms with Crippen molar-refractivity contribution in [3.8, 4) is 45.3 Å². The number of rotatable bonds is 10. The Morgan fingerprint density at radius 2 is 1.74 bits per heavy atom. The van der Waals surface area contributed by atoms with Crippen molar-refractivity contribution in [3.05, 3.63) is 70.6 Å². The zero-order valence-electron chi connectivity index (χ0n) is 20.5. The number of nitrogens with one attached hydrogen (secondary N) is 1. The van der Waals surface area contributed by atoms with Gasteiger partial charge in [-0.2, -0.15) is 5.26 Å². The van der Waals surface area contributed by atoms with Crippen molar-refractivity contribution in [3.63, 3.8) is 0 Å². The van der Waals surface area contributed by atoms with Crippen LogP contribution >= 0.6 is 34.7 Å². The summed E-state index contributed by atoms with van der Waals surface area (Å²) in [7, 11) is 0.401. The summed E-state index contributed by atoms with van der Waals surface area (Å²) in [5.74, 6) is 1.77. The zero-order chi connectivity index (χ0) is 27.3. The van der Waals surface area contributed by atoms with E-state index in [2.05, 4.69) is 4.98 Å². The number of methoxy groups -OCH3 is 3. The lowest BCUT2D eigenvalue weighted by molar-refractivity contribution is 0.324. The van der Waals surface area contributed by atoms with E-state index in [1.165, 1.54) is 56.7 Å². The van der Waals surface area contributed by atoms with Crippen LogP contribution in [0.5, 0.6) is 17.2 Å². The van der Waals surface area contributed by atoms with Crippen molar-refractivity contribution in [2.75, 3.05) is 21.3 Å². The maximum absolute atomic E-state index is 13.0. The molecule has 0 atom stereocenters. The molecular weight excluding hydrogens is 566 g/mol. The number of thiazole rings is 1. The third kappa shape index (κ3) is 5.84. The van der Waals surface area contributed by atoms with E-state index in [0.29, 0.717) is 43.5 Å². The van der Waals surface area contributed by atoms with Gasteiger partial charge in [-0.15, -0.1) is 23.1 Å². The van der Waals surface area contributed by atoms with Crippen molar-refractivity contribution in [1.29, 1.82) is 5.26 Å². The van der Waals surface area contributed by atoms with Crippen molar-refractivity contribution in [2.45, 2.75) is 15.5 Å². The summed E-state index contributed by atoms with van der Waals surface area (Å²) in [5.41, 5.74) is 2.94. The predicted octanol–water partition coefficient (Wildman–Crippen LogP) is 6.21. The van der Waals surface area contributed by atoms with Crippen molar-refractivity contribution < 1.29 is 22.6 Å². The van der Waals surface area contributed by atoms with Crippen LogP contribution in [0.25, 0.3) is 21.8 Å². The number of nitriles is 1. The molecule has 0 spiro atoms. The summed E-state index contributed by atoms with van der Waals surface area (Å²) in [5, 5.41) is 11.9. The van der Waals surface area contributed by atoms with E-state index < -0.39 is 10.0 Å². The quantitative estimate of drug-likeness (QED) is 0.132. The molecule has 4 aromatic rings. The number of ether oxygens (including phenoxy) is 3. The van der Waals surface area contributed by atoms with Crippen LogP contribution in [0.1, 0.15) is 5.56 Å². The van der Waals surface area contributed by atoms with Gasteiger partial charge in [0.15, 0.2) is 17.7 Å². The summed E-state index contributed by atoms with van der Waals surface area (Å²) in [6.07, 6.45) is 1.51. The smallest absolute Gasteiger partial charge is 0.271 e. The van der Waals surface area contributed by atoms with Crippen LogP contribution in [0, 0.1) is 11.5 Å². The first-order valence-corrected chi connectivity index (χ1v) is 14.7. The van der Waals surface area contributed by atoms with Gasteiger partial charge >= 0.3 is 0 Å². The second-order valence-electron chi connectivity index (χ2n) is 7.72. The molecule has 0 saturated heterocycles. The van der Waals surface area contributed by atoms with Gasteiger partial charge in [-0.1, -0.05) is 41.9 Å². The molecule has 0 unspecified atom stereocenters. The van der Waals surface area contributed by atoms with Gasteiger partial charge in [-0.3, -0.25) is 0 Å². The number of sulfonamides is 1. The molecule has 0 fully saturated rings. The largest absolute Gasteiger partial charge is 0.493 e. The van der Waals surface area contributed by atoms with Crippen molar-refractivity contribution >= 4 is 44.7 Å². The molecule has 0 aliphatic carbocycles. The van der Waals surface area contributed by atoms with Gasteiger partial charge in [0.1, 0.15) is 9.90 Å². The highest BCUT2D eigenvalue weighted by Gasteiger charge is 2.23. The van der Waals surface area contributed by atoms with Gasteiger partial charge in [0.25, 0.3) is 10.0 Å². The minimum atomic E-state index is -4.16. The highest BCUT2D eigenvalue weighted by molar-refractivity contribution is 7.99. The molecule has 0 aliphatic rings. The van der Waals surface area contributed by atoms with Crippen LogP contribution in [-0.4, -0.2) is 34.7 Å². The molecule has 196 valence electrons. The van der Waals surface area contributed by atoms with Crippen LogP contribution in [0.15, 0.2) is 69.8 Å². The minimum Gasteiger partial charge on any atom is -0.493 e. The number of thioether (sulfide) groups is 1. The Morgan fingerprint density at radius 1 is 1.05 bits per heavy atom. The standard InChI is InChI=1S/C26H22ClN3O5S3/c1-33-21-9-16(10-22(34-2)25(21)35-3)13-36-23-12-19(27)18(11-24(23)38(31,32)29-15-28)26-30-20(14-37-26)17-7-5-4-6-8-17/h4-12,14,29H,13H2,1-3H3. The van der Waals surface area contributed by atoms with E-state index in [1.54, 1.807) is 18.2 Å². The van der Waals surface area contributed by atoms with E-state index in [-0.39, 0.29) is 4.90 Å². The monoisotopic (exact) mass is 587 g/mol. The highest BCUT2D eigenvalue weighted by atomic mass is 35.5. The van der Waals surface area contributed by atoms with Gasteiger partial charge in [0, 0.05) is 27.2 Å².